The van der Waals surface area contributed by atoms with Crippen LogP contribution >= 0.6 is 23.5 Å². The molecule has 0 aliphatic heterocycles. The van der Waals surface area contributed by atoms with Crippen molar-refractivity contribution in [1.82, 2.24) is 19.7 Å². The zero-order chi connectivity index (χ0) is 23.9. The van der Waals surface area contributed by atoms with E-state index >= 15 is 0 Å². The largest absolute Gasteiger partial charge is 0.467 e. The number of hydrogen-bond donors (Lipinski definition) is 1. The number of hydrogen-bond acceptors (Lipinski definition) is 7. The molecule has 0 fully saturated rings. The second kappa shape index (κ2) is 11.1. The third kappa shape index (κ3) is 5.82. The molecular weight excluding hydrogens is 478 g/mol. The van der Waals surface area contributed by atoms with Gasteiger partial charge in [0.2, 0.25) is 5.91 Å². The van der Waals surface area contributed by atoms with Crippen molar-refractivity contribution < 1.29 is 9.21 Å². The second-order valence-electron chi connectivity index (χ2n) is 7.46. The van der Waals surface area contributed by atoms with Crippen LogP contribution in [0.15, 0.2) is 117 Å². The van der Waals surface area contributed by atoms with Gasteiger partial charge in [-0.3, -0.25) is 14.3 Å². The highest BCUT2D eigenvalue weighted by Gasteiger charge is 2.17. The number of amides is 1. The van der Waals surface area contributed by atoms with Crippen molar-refractivity contribution in [1.29, 1.82) is 0 Å². The smallest absolute Gasteiger partial charge is 0.234 e. The van der Waals surface area contributed by atoms with Gasteiger partial charge in [0.15, 0.2) is 11.0 Å². The minimum atomic E-state index is -0.119. The Bertz CT molecular complexity index is 1390. The van der Waals surface area contributed by atoms with Gasteiger partial charge >= 0.3 is 0 Å². The molecule has 35 heavy (non-hydrogen) atoms. The van der Waals surface area contributed by atoms with E-state index in [2.05, 4.69) is 20.5 Å². The van der Waals surface area contributed by atoms with Crippen LogP contribution in [0.1, 0.15) is 5.76 Å². The molecule has 0 aliphatic carbocycles. The second-order valence-corrected chi connectivity index (χ2v) is 9.52. The van der Waals surface area contributed by atoms with Crippen LogP contribution in [0, 0.1) is 0 Å². The Kier molecular flexibility index (Phi) is 7.26. The van der Waals surface area contributed by atoms with Crippen molar-refractivity contribution >= 4 is 35.1 Å². The lowest BCUT2D eigenvalue weighted by Gasteiger charge is -2.11. The Hall–Kier alpha value is -3.82. The molecule has 0 bridgehead atoms. The van der Waals surface area contributed by atoms with Crippen LogP contribution < -0.4 is 5.32 Å². The maximum atomic E-state index is 12.9. The van der Waals surface area contributed by atoms with Crippen LogP contribution in [0.2, 0.25) is 0 Å². The van der Waals surface area contributed by atoms with Crippen LogP contribution in [-0.2, 0) is 11.3 Å². The molecule has 1 N–H and O–H groups in total. The fourth-order valence-corrected chi connectivity index (χ4v) is 5.06. The first-order valence-electron chi connectivity index (χ1n) is 10.9. The van der Waals surface area contributed by atoms with E-state index in [1.165, 1.54) is 11.8 Å². The van der Waals surface area contributed by atoms with E-state index in [0.717, 1.165) is 26.8 Å². The average molecular weight is 500 g/mol. The monoisotopic (exact) mass is 499 g/mol. The molecule has 2 aromatic carbocycles. The lowest BCUT2D eigenvalue weighted by Crippen LogP contribution is -2.15. The summed E-state index contributed by atoms with van der Waals surface area (Å²) in [6.45, 7) is 0.449. The summed E-state index contributed by atoms with van der Waals surface area (Å²) in [6, 6.07) is 25.4. The molecule has 1 amide bonds. The zero-order valence-corrected chi connectivity index (χ0v) is 20.2. The molecule has 3 heterocycles. The van der Waals surface area contributed by atoms with E-state index in [0.29, 0.717) is 17.5 Å². The average Bonchev–Trinajstić information content (AvgIpc) is 3.56. The first-order valence-corrected chi connectivity index (χ1v) is 12.7. The summed E-state index contributed by atoms with van der Waals surface area (Å²) >= 11 is 2.94. The number of para-hydroxylation sites is 1. The molecule has 3 aromatic heterocycles. The Morgan fingerprint density at radius 3 is 2.60 bits per heavy atom. The molecule has 0 unspecified atom stereocenters. The van der Waals surface area contributed by atoms with E-state index in [1.807, 2.05) is 83.4 Å². The van der Waals surface area contributed by atoms with Gasteiger partial charge in [-0.25, -0.2) is 0 Å². The third-order valence-electron chi connectivity index (χ3n) is 5.00. The molecule has 5 rings (SSSR count). The molecule has 0 saturated carbocycles. The lowest BCUT2D eigenvalue weighted by molar-refractivity contribution is -0.113. The highest BCUT2D eigenvalue weighted by atomic mass is 32.2. The molecule has 5 aromatic rings. The SMILES string of the molecule is O=C(CSc1nnc(-c2cccnc2)n1Cc1ccco1)Nc1ccccc1Sc1ccccc1. The minimum absolute atomic E-state index is 0.119. The Balaban J connectivity index is 1.30. The summed E-state index contributed by atoms with van der Waals surface area (Å²) in [7, 11) is 0. The molecule has 0 radical (unpaired) electrons. The number of pyridine rings is 1. The van der Waals surface area contributed by atoms with Crippen molar-refractivity contribution in [2.45, 2.75) is 21.5 Å². The van der Waals surface area contributed by atoms with Gasteiger partial charge in [0.1, 0.15) is 5.76 Å². The number of anilines is 1. The summed E-state index contributed by atoms with van der Waals surface area (Å²) in [5.41, 5.74) is 1.62. The topological polar surface area (TPSA) is 85.8 Å². The maximum absolute atomic E-state index is 12.9. The van der Waals surface area contributed by atoms with Gasteiger partial charge in [-0.15, -0.1) is 10.2 Å². The predicted octanol–water partition coefficient (Wildman–Crippen LogP) is 5.86. The van der Waals surface area contributed by atoms with Gasteiger partial charge in [0, 0.05) is 27.7 Å². The number of rotatable bonds is 9. The summed E-state index contributed by atoms with van der Waals surface area (Å²) in [5, 5.41) is 12.4. The summed E-state index contributed by atoms with van der Waals surface area (Å²) in [6.07, 6.45) is 5.09. The van der Waals surface area contributed by atoms with E-state index in [1.54, 1.807) is 30.4 Å². The van der Waals surface area contributed by atoms with Crippen molar-refractivity contribution in [3.63, 3.8) is 0 Å². The predicted molar refractivity (Wildman–Crippen MR) is 137 cm³/mol. The van der Waals surface area contributed by atoms with Gasteiger partial charge in [0.25, 0.3) is 0 Å². The molecule has 0 spiro atoms. The van der Waals surface area contributed by atoms with E-state index < -0.39 is 0 Å². The number of thioether (sulfide) groups is 1. The van der Waals surface area contributed by atoms with Crippen molar-refractivity contribution in [2.24, 2.45) is 0 Å². The molecule has 9 heteroatoms. The normalized spacial score (nSPS) is 10.9. The van der Waals surface area contributed by atoms with Crippen molar-refractivity contribution in [3.8, 4) is 11.4 Å². The number of nitrogens with zero attached hydrogens (tertiary/aromatic N) is 4. The Morgan fingerprint density at radius 2 is 1.80 bits per heavy atom. The zero-order valence-electron chi connectivity index (χ0n) is 18.6. The van der Waals surface area contributed by atoms with Crippen molar-refractivity contribution in [3.05, 3.63) is 103 Å². The Labute approximate surface area is 211 Å². The van der Waals surface area contributed by atoms with Crippen LogP contribution in [0.25, 0.3) is 11.4 Å². The highest BCUT2D eigenvalue weighted by Crippen LogP contribution is 2.33. The number of carbonyl (C=O) groups excluding carboxylic acids is 1. The summed E-state index contributed by atoms with van der Waals surface area (Å²) in [4.78, 5) is 19.2. The highest BCUT2D eigenvalue weighted by molar-refractivity contribution is 8.00. The first kappa shape index (κ1) is 22.9. The number of aromatic nitrogens is 4. The standard InChI is InChI=1S/C26H21N5O2S2/c32-24(28-22-12-4-5-13-23(22)35-21-10-2-1-3-11-21)18-34-26-30-29-25(19-8-6-14-27-16-19)31(26)17-20-9-7-15-33-20/h1-16H,17-18H2,(H,28,32). The quantitative estimate of drug-likeness (QED) is 0.254. The molecular formula is C26H21N5O2S2. The number of nitrogens with one attached hydrogen (secondary N) is 1. The van der Waals surface area contributed by atoms with Crippen LogP contribution in [-0.4, -0.2) is 31.4 Å². The molecule has 0 atom stereocenters. The fraction of sp³-hybridized carbons (Fsp3) is 0.0769. The first-order chi connectivity index (χ1) is 17.3. The molecule has 7 nitrogen and oxygen atoms in total. The van der Waals surface area contributed by atoms with E-state index in [-0.39, 0.29) is 11.7 Å². The summed E-state index contributed by atoms with van der Waals surface area (Å²) < 4.78 is 7.47. The van der Waals surface area contributed by atoms with E-state index in [4.69, 9.17) is 4.42 Å². The molecule has 0 aliphatic rings. The lowest BCUT2D eigenvalue weighted by atomic mass is 10.2. The van der Waals surface area contributed by atoms with Gasteiger partial charge < -0.3 is 9.73 Å². The minimum Gasteiger partial charge on any atom is -0.467 e. The molecule has 174 valence electrons. The molecule has 0 saturated heterocycles. The van der Waals surface area contributed by atoms with Crippen LogP contribution in [0.4, 0.5) is 5.69 Å². The summed E-state index contributed by atoms with van der Waals surface area (Å²) in [5.74, 6) is 1.51. The van der Waals surface area contributed by atoms with E-state index in [9.17, 15) is 4.79 Å². The van der Waals surface area contributed by atoms with Gasteiger partial charge in [-0.2, -0.15) is 0 Å². The van der Waals surface area contributed by atoms with Crippen molar-refractivity contribution in [2.75, 3.05) is 11.1 Å². The van der Waals surface area contributed by atoms with Gasteiger partial charge in [-0.05, 0) is 48.5 Å². The van der Waals surface area contributed by atoms with Crippen LogP contribution in [0.5, 0.6) is 0 Å². The Morgan fingerprint density at radius 1 is 0.943 bits per heavy atom. The van der Waals surface area contributed by atoms with Gasteiger partial charge in [0.05, 0.1) is 24.2 Å². The number of furan rings is 1. The maximum Gasteiger partial charge on any atom is 0.234 e. The van der Waals surface area contributed by atoms with Crippen LogP contribution in [0.3, 0.4) is 0 Å². The third-order valence-corrected chi connectivity index (χ3v) is 7.05. The fourth-order valence-electron chi connectivity index (χ4n) is 3.40. The number of carbonyl (C=O) groups is 1. The van der Waals surface area contributed by atoms with Gasteiger partial charge in [-0.1, -0.05) is 53.9 Å². The number of benzene rings is 2.